The van der Waals surface area contributed by atoms with E-state index < -0.39 is 5.97 Å². The summed E-state index contributed by atoms with van der Waals surface area (Å²) in [5.41, 5.74) is 3.01. The Morgan fingerprint density at radius 1 is 1.06 bits per heavy atom. The highest BCUT2D eigenvalue weighted by Crippen LogP contribution is 2.31. The average molecular weight is 479 g/mol. The molecule has 0 fully saturated rings. The van der Waals surface area contributed by atoms with Crippen LogP contribution in [-0.2, 0) is 13.0 Å². The average Bonchev–Trinajstić information content (AvgIpc) is 3.27. The van der Waals surface area contributed by atoms with Crippen molar-refractivity contribution in [3.63, 3.8) is 0 Å². The number of rotatable bonds is 10. The van der Waals surface area contributed by atoms with Crippen LogP contribution in [0.15, 0.2) is 66.7 Å². The standard InChI is InChI=1S/C27H27FN2O3S/c1-18(2)17-33-22-12-8-19(9-13-22)14-15-30(16-20-6-10-21(11-7-20)26(31)32)27-29-24-5-3-4-23(28)25(24)34-27/h3-13,18H,14-17H2,1-2H3,(H,31,32). The molecule has 7 heteroatoms. The molecule has 0 saturated heterocycles. The van der Waals surface area contributed by atoms with Gasteiger partial charge in [-0.25, -0.2) is 14.2 Å². The van der Waals surface area contributed by atoms with Gasteiger partial charge in [0.15, 0.2) is 5.13 Å². The minimum Gasteiger partial charge on any atom is -0.493 e. The summed E-state index contributed by atoms with van der Waals surface area (Å²) < 4.78 is 20.6. The second-order valence-corrected chi connectivity index (χ2v) is 9.58. The van der Waals surface area contributed by atoms with E-state index in [9.17, 15) is 9.18 Å². The van der Waals surface area contributed by atoms with E-state index in [0.717, 1.165) is 28.4 Å². The maximum Gasteiger partial charge on any atom is 0.335 e. The lowest BCUT2D eigenvalue weighted by Gasteiger charge is -2.22. The molecule has 0 aliphatic carbocycles. The molecule has 0 aliphatic rings. The SMILES string of the molecule is CC(C)COc1ccc(CCN(Cc2ccc(C(=O)O)cc2)c2nc3cccc(F)c3s2)cc1. The summed E-state index contributed by atoms with van der Waals surface area (Å²) in [6.07, 6.45) is 0.774. The number of halogens is 1. The molecule has 0 amide bonds. The van der Waals surface area contributed by atoms with Crippen LogP contribution in [0.5, 0.6) is 5.75 Å². The fraction of sp³-hybridized carbons (Fsp3) is 0.259. The topological polar surface area (TPSA) is 62.7 Å². The molecule has 176 valence electrons. The van der Waals surface area contributed by atoms with Crippen LogP contribution < -0.4 is 9.64 Å². The van der Waals surface area contributed by atoms with Crippen molar-refractivity contribution in [1.29, 1.82) is 0 Å². The summed E-state index contributed by atoms with van der Waals surface area (Å²) in [5, 5.41) is 9.90. The lowest BCUT2D eigenvalue weighted by atomic mass is 10.1. The van der Waals surface area contributed by atoms with Crippen LogP contribution in [0.4, 0.5) is 9.52 Å². The molecule has 0 spiro atoms. The van der Waals surface area contributed by atoms with Crippen molar-refractivity contribution in [2.75, 3.05) is 18.1 Å². The second kappa shape index (κ2) is 10.7. The van der Waals surface area contributed by atoms with Gasteiger partial charge < -0.3 is 14.7 Å². The number of fused-ring (bicyclic) bond motifs is 1. The molecule has 0 radical (unpaired) electrons. The van der Waals surface area contributed by atoms with Gasteiger partial charge in [0.05, 0.1) is 22.4 Å². The Labute approximate surface area is 202 Å². The van der Waals surface area contributed by atoms with E-state index in [0.29, 0.717) is 35.8 Å². The molecule has 1 aromatic heterocycles. The zero-order chi connectivity index (χ0) is 24.1. The van der Waals surface area contributed by atoms with Crippen LogP contribution in [0.1, 0.15) is 35.3 Å². The summed E-state index contributed by atoms with van der Waals surface area (Å²) in [7, 11) is 0. The first-order valence-electron chi connectivity index (χ1n) is 11.2. The summed E-state index contributed by atoms with van der Waals surface area (Å²) in [6.45, 7) is 6.13. The number of carboxylic acid groups (broad SMARTS) is 1. The first kappa shape index (κ1) is 23.7. The van der Waals surface area contributed by atoms with Crippen molar-refractivity contribution >= 4 is 32.7 Å². The van der Waals surface area contributed by atoms with Gasteiger partial charge in [0.2, 0.25) is 0 Å². The molecule has 4 rings (SSSR count). The molecule has 0 aliphatic heterocycles. The Morgan fingerprint density at radius 2 is 1.76 bits per heavy atom. The Hall–Kier alpha value is -3.45. The highest BCUT2D eigenvalue weighted by molar-refractivity contribution is 7.22. The van der Waals surface area contributed by atoms with E-state index >= 15 is 0 Å². The maximum atomic E-state index is 14.3. The van der Waals surface area contributed by atoms with Crippen molar-refractivity contribution in [3.8, 4) is 5.75 Å². The fourth-order valence-electron chi connectivity index (χ4n) is 3.53. The minimum atomic E-state index is -0.953. The van der Waals surface area contributed by atoms with Gasteiger partial charge in [-0.3, -0.25) is 0 Å². The summed E-state index contributed by atoms with van der Waals surface area (Å²) in [5.74, 6) is 0.0980. The number of ether oxygens (including phenoxy) is 1. The molecular formula is C27H27FN2O3S. The number of anilines is 1. The maximum absolute atomic E-state index is 14.3. The second-order valence-electron chi connectivity index (χ2n) is 8.61. The van der Waals surface area contributed by atoms with Crippen molar-refractivity contribution in [2.45, 2.75) is 26.8 Å². The number of carboxylic acids is 1. The van der Waals surface area contributed by atoms with E-state index in [1.54, 1.807) is 18.2 Å². The Balaban J connectivity index is 1.53. The molecular weight excluding hydrogens is 451 g/mol. The largest absolute Gasteiger partial charge is 0.493 e. The lowest BCUT2D eigenvalue weighted by molar-refractivity contribution is 0.0697. The van der Waals surface area contributed by atoms with Crippen LogP contribution in [0, 0.1) is 11.7 Å². The Bertz CT molecular complexity index is 1250. The van der Waals surface area contributed by atoms with E-state index in [4.69, 9.17) is 9.84 Å². The molecule has 1 heterocycles. The number of carbonyl (C=O) groups is 1. The summed E-state index contributed by atoms with van der Waals surface area (Å²) >= 11 is 1.33. The van der Waals surface area contributed by atoms with Crippen molar-refractivity contribution in [1.82, 2.24) is 4.98 Å². The van der Waals surface area contributed by atoms with Gasteiger partial charge >= 0.3 is 5.97 Å². The number of thiazole rings is 1. The predicted octanol–water partition coefficient (Wildman–Crippen LogP) is 6.42. The quantitative estimate of drug-likeness (QED) is 0.285. The number of aromatic nitrogens is 1. The van der Waals surface area contributed by atoms with Gasteiger partial charge in [0, 0.05) is 13.1 Å². The normalized spacial score (nSPS) is 11.2. The highest BCUT2D eigenvalue weighted by Gasteiger charge is 2.16. The summed E-state index contributed by atoms with van der Waals surface area (Å²) in [6, 6.07) is 19.8. The summed E-state index contributed by atoms with van der Waals surface area (Å²) in [4.78, 5) is 18.0. The van der Waals surface area contributed by atoms with Gasteiger partial charge in [-0.05, 0) is 59.9 Å². The van der Waals surface area contributed by atoms with E-state index in [1.807, 2.05) is 30.3 Å². The molecule has 1 N–H and O–H groups in total. The van der Waals surface area contributed by atoms with Crippen LogP contribution >= 0.6 is 11.3 Å². The fourth-order valence-corrected chi connectivity index (χ4v) is 4.53. The Kier molecular flexibility index (Phi) is 7.43. The van der Waals surface area contributed by atoms with Crippen molar-refractivity contribution < 1.29 is 19.0 Å². The first-order chi connectivity index (χ1) is 16.4. The van der Waals surface area contributed by atoms with Gasteiger partial charge in [-0.2, -0.15) is 0 Å². The third-order valence-corrected chi connectivity index (χ3v) is 6.52. The minimum absolute atomic E-state index is 0.247. The number of hydrogen-bond donors (Lipinski definition) is 1. The highest BCUT2D eigenvalue weighted by atomic mass is 32.1. The number of nitrogens with zero attached hydrogens (tertiary/aromatic N) is 2. The monoisotopic (exact) mass is 478 g/mol. The van der Waals surface area contributed by atoms with Crippen molar-refractivity contribution in [3.05, 3.63) is 89.2 Å². The molecule has 4 aromatic rings. The van der Waals surface area contributed by atoms with Crippen molar-refractivity contribution in [2.24, 2.45) is 5.92 Å². The first-order valence-corrected chi connectivity index (χ1v) is 12.0. The van der Waals surface area contributed by atoms with E-state index in [2.05, 4.69) is 35.9 Å². The van der Waals surface area contributed by atoms with Gasteiger partial charge in [-0.15, -0.1) is 0 Å². The molecule has 0 unspecified atom stereocenters. The van der Waals surface area contributed by atoms with Crippen LogP contribution in [-0.4, -0.2) is 29.2 Å². The van der Waals surface area contributed by atoms with E-state index in [-0.39, 0.29) is 11.4 Å². The van der Waals surface area contributed by atoms with Gasteiger partial charge in [0.25, 0.3) is 0 Å². The molecule has 0 atom stereocenters. The number of benzene rings is 3. The lowest BCUT2D eigenvalue weighted by Crippen LogP contribution is -2.25. The zero-order valence-corrected chi connectivity index (χ0v) is 20.0. The predicted molar refractivity (Wildman–Crippen MR) is 135 cm³/mol. The molecule has 0 saturated carbocycles. The third kappa shape index (κ3) is 5.91. The Morgan fingerprint density at radius 3 is 2.41 bits per heavy atom. The van der Waals surface area contributed by atoms with Gasteiger partial charge in [-0.1, -0.05) is 55.5 Å². The number of hydrogen-bond acceptors (Lipinski definition) is 5. The van der Waals surface area contributed by atoms with Crippen LogP contribution in [0.3, 0.4) is 0 Å². The van der Waals surface area contributed by atoms with Crippen LogP contribution in [0.2, 0.25) is 0 Å². The third-order valence-electron chi connectivity index (χ3n) is 5.38. The molecule has 3 aromatic carbocycles. The molecule has 5 nitrogen and oxygen atoms in total. The zero-order valence-electron chi connectivity index (χ0n) is 19.2. The number of aromatic carboxylic acids is 1. The van der Waals surface area contributed by atoms with Gasteiger partial charge in [0.1, 0.15) is 11.6 Å². The molecule has 34 heavy (non-hydrogen) atoms. The molecule has 0 bridgehead atoms. The van der Waals surface area contributed by atoms with E-state index in [1.165, 1.54) is 17.4 Å². The smallest absolute Gasteiger partial charge is 0.335 e. The van der Waals surface area contributed by atoms with Crippen LogP contribution in [0.25, 0.3) is 10.2 Å².